The van der Waals surface area contributed by atoms with E-state index < -0.39 is 11.6 Å². The molecule has 0 unspecified atom stereocenters. The summed E-state index contributed by atoms with van der Waals surface area (Å²) in [6.45, 7) is 17.7. The van der Waals surface area contributed by atoms with Crippen LogP contribution in [0.2, 0.25) is 0 Å². The zero-order valence-corrected chi connectivity index (χ0v) is 30.2. The largest absolute Gasteiger partial charge is 0.285 e. The van der Waals surface area contributed by atoms with Gasteiger partial charge in [0, 0.05) is 22.0 Å². The lowest BCUT2D eigenvalue weighted by Crippen LogP contribution is -2.20. The van der Waals surface area contributed by atoms with Crippen LogP contribution >= 0.6 is 0 Å². The fourth-order valence-corrected chi connectivity index (χ4v) is 9.22. The molecule has 2 aliphatic carbocycles. The van der Waals surface area contributed by atoms with Gasteiger partial charge in [-0.3, -0.25) is 9.59 Å². The Kier molecular flexibility index (Phi) is 7.07. The zero-order valence-electron chi connectivity index (χ0n) is 30.2. The number of hydrogen-bond acceptors (Lipinski definition) is 2. The third-order valence-corrected chi connectivity index (χ3v) is 11.7. The van der Waals surface area contributed by atoms with E-state index in [0.29, 0.717) is 11.1 Å². The third kappa shape index (κ3) is 4.47. The van der Waals surface area contributed by atoms with E-state index in [9.17, 15) is 9.59 Å². The van der Waals surface area contributed by atoms with Crippen LogP contribution in [-0.4, -0.2) is 11.6 Å². The summed E-state index contributed by atoms with van der Waals surface area (Å²) in [5.74, 6) is -0.939. The van der Waals surface area contributed by atoms with Gasteiger partial charge in [0.05, 0.1) is 0 Å². The molecule has 0 N–H and O–H groups in total. The Labute approximate surface area is 295 Å². The SMILES string of the molecule is Cc1ccccc1-c1ccc2c(c1C)C(C)(C)c1cc(C(=O)C(=O)c3ccc4c(c3)C(C)(C)c3c-4ccc(-c4ccccc4C)c3C)ccc1-2. The Morgan fingerprint density at radius 2 is 0.740 bits per heavy atom. The fraction of sp³-hybridized carbons (Fsp3) is 0.208. The standard InChI is InChI=1S/C48H42O2/c1-27-13-9-11-15-33(27)35-21-23-39-37-19-17-31(25-41(37)47(5,6)43(39)29(35)3)45(49)46(50)32-18-20-38-40-24-22-36(34-16-12-10-14-28(34)2)30(4)44(40)48(7,8)42(38)26-32/h9-26H,1-8H3. The van der Waals surface area contributed by atoms with E-state index in [1.807, 2.05) is 36.4 Å². The second-order valence-corrected chi connectivity index (χ2v) is 15.4. The monoisotopic (exact) mass is 650 g/mol. The Morgan fingerprint density at radius 3 is 1.12 bits per heavy atom. The van der Waals surface area contributed by atoms with Gasteiger partial charge in [0.15, 0.2) is 0 Å². The average Bonchev–Trinajstić information content (AvgIpc) is 3.48. The molecule has 6 aromatic rings. The summed E-state index contributed by atoms with van der Waals surface area (Å²) in [6.07, 6.45) is 0. The predicted octanol–water partition coefficient (Wildman–Crippen LogP) is 11.9. The molecule has 0 aromatic heterocycles. The molecule has 50 heavy (non-hydrogen) atoms. The molecule has 0 atom stereocenters. The van der Waals surface area contributed by atoms with Crippen LogP contribution in [-0.2, 0) is 10.8 Å². The van der Waals surface area contributed by atoms with E-state index in [-0.39, 0.29) is 10.8 Å². The van der Waals surface area contributed by atoms with Crippen molar-refractivity contribution in [2.75, 3.05) is 0 Å². The lowest BCUT2D eigenvalue weighted by Gasteiger charge is -2.25. The number of carbonyl (C=O) groups excluding carboxylic acids is 2. The minimum absolute atomic E-state index is 0.328. The van der Waals surface area contributed by atoms with Crippen molar-refractivity contribution >= 4 is 11.6 Å². The molecule has 0 saturated carbocycles. The van der Waals surface area contributed by atoms with Crippen LogP contribution < -0.4 is 0 Å². The predicted molar refractivity (Wildman–Crippen MR) is 206 cm³/mol. The van der Waals surface area contributed by atoms with E-state index >= 15 is 0 Å². The highest BCUT2D eigenvalue weighted by Crippen LogP contribution is 2.53. The quantitative estimate of drug-likeness (QED) is 0.137. The summed E-state index contributed by atoms with van der Waals surface area (Å²) in [5.41, 5.74) is 19.6. The highest BCUT2D eigenvalue weighted by molar-refractivity contribution is 6.49. The highest BCUT2D eigenvalue weighted by Gasteiger charge is 2.40. The summed E-state index contributed by atoms with van der Waals surface area (Å²) in [4.78, 5) is 28.0. The molecule has 2 nitrogen and oxygen atoms in total. The first-order valence-electron chi connectivity index (χ1n) is 17.6. The number of hydrogen-bond donors (Lipinski definition) is 0. The maximum absolute atomic E-state index is 14.0. The number of carbonyl (C=O) groups is 2. The lowest BCUT2D eigenvalue weighted by molar-refractivity contribution is 0.0817. The second kappa shape index (κ2) is 11.1. The molecule has 6 aromatic carbocycles. The summed E-state index contributed by atoms with van der Waals surface area (Å²) in [7, 11) is 0. The molecule has 0 spiro atoms. The number of aryl methyl sites for hydroxylation is 2. The van der Waals surface area contributed by atoms with Gasteiger partial charge in [0.25, 0.3) is 0 Å². The van der Waals surface area contributed by atoms with Gasteiger partial charge in [0.2, 0.25) is 11.6 Å². The Morgan fingerprint density at radius 1 is 0.400 bits per heavy atom. The molecular weight excluding hydrogens is 609 g/mol. The van der Waals surface area contributed by atoms with Crippen LogP contribution in [0.5, 0.6) is 0 Å². The number of benzene rings is 6. The molecular formula is C48H42O2. The molecule has 0 fully saturated rings. The smallest absolute Gasteiger partial charge is 0.233 e. The number of ketones is 2. The second-order valence-electron chi connectivity index (χ2n) is 15.4. The molecule has 0 aliphatic heterocycles. The van der Waals surface area contributed by atoms with Gasteiger partial charge >= 0.3 is 0 Å². The maximum atomic E-state index is 14.0. The molecule has 8 rings (SSSR count). The van der Waals surface area contributed by atoms with Gasteiger partial charge in [-0.05, 0) is 129 Å². The Balaban J connectivity index is 1.13. The van der Waals surface area contributed by atoms with Gasteiger partial charge in [-0.15, -0.1) is 0 Å². The van der Waals surface area contributed by atoms with Gasteiger partial charge in [-0.2, -0.15) is 0 Å². The van der Waals surface area contributed by atoms with E-state index in [0.717, 1.165) is 22.3 Å². The van der Waals surface area contributed by atoms with Gasteiger partial charge in [0.1, 0.15) is 0 Å². The Hall–Kier alpha value is -5.34. The normalized spacial score (nSPS) is 14.5. The minimum atomic E-state index is -0.469. The summed E-state index contributed by atoms with van der Waals surface area (Å²) >= 11 is 0. The molecule has 0 heterocycles. The van der Waals surface area contributed by atoms with E-state index in [2.05, 4.69) is 128 Å². The van der Waals surface area contributed by atoms with Gasteiger partial charge in [-0.1, -0.05) is 125 Å². The highest BCUT2D eigenvalue weighted by atomic mass is 16.2. The van der Waals surface area contributed by atoms with Crippen molar-refractivity contribution in [1.82, 2.24) is 0 Å². The third-order valence-electron chi connectivity index (χ3n) is 11.7. The van der Waals surface area contributed by atoms with Crippen LogP contribution in [0.3, 0.4) is 0 Å². The average molecular weight is 651 g/mol. The molecule has 2 heteroatoms. The van der Waals surface area contributed by atoms with E-state index in [1.54, 1.807) is 0 Å². The summed E-state index contributed by atoms with van der Waals surface area (Å²) < 4.78 is 0. The maximum Gasteiger partial charge on any atom is 0.233 e. The molecule has 2 aliphatic rings. The number of fused-ring (bicyclic) bond motifs is 6. The zero-order chi connectivity index (χ0) is 35.3. The molecule has 0 bridgehead atoms. The van der Waals surface area contributed by atoms with Crippen molar-refractivity contribution in [3.8, 4) is 44.5 Å². The number of rotatable bonds is 5. The van der Waals surface area contributed by atoms with Crippen molar-refractivity contribution in [2.45, 2.75) is 66.2 Å². The molecule has 0 amide bonds. The fourth-order valence-electron chi connectivity index (χ4n) is 9.22. The molecule has 246 valence electrons. The van der Waals surface area contributed by atoms with Crippen LogP contribution in [0.4, 0.5) is 0 Å². The first kappa shape index (κ1) is 31.9. The van der Waals surface area contributed by atoms with Crippen molar-refractivity contribution < 1.29 is 9.59 Å². The van der Waals surface area contributed by atoms with Crippen LogP contribution in [0.1, 0.15) is 92.9 Å². The van der Waals surface area contributed by atoms with Crippen LogP contribution in [0.25, 0.3) is 44.5 Å². The first-order valence-corrected chi connectivity index (χ1v) is 17.6. The van der Waals surface area contributed by atoms with E-state index in [1.165, 1.54) is 66.8 Å². The summed E-state index contributed by atoms with van der Waals surface area (Å²) in [6, 6.07) is 37.6. The topological polar surface area (TPSA) is 34.1 Å². The number of Topliss-reactive ketones (excluding diaryl/α,β-unsaturated/α-hetero) is 2. The van der Waals surface area contributed by atoms with Crippen molar-refractivity contribution in [3.63, 3.8) is 0 Å². The van der Waals surface area contributed by atoms with Gasteiger partial charge < -0.3 is 0 Å². The molecule has 0 saturated heterocycles. The van der Waals surface area contributed by atoms with Gasteiger partial charge in [-0.25, -0.2) is 0 Å². The minimum Gasteiger partial charge on any atom is -0.285 e. The summed E-state index contributed by atoms with van der Waals surface area (Å²) in [5, 5.41) is 0. The van der Waals surface area contributed by atoms with Crippen molar-refractivity contribution in [3.05, 3.63) is 165 Å². The Bertz CT molecular complexity index is 2280. The van der Waals surface area contributed by atoms with Crippen LogP contribution in [0, 0.1) is 27.7 Å². The lowest BCUT2D eigenvalue weighted by atomic mass is 9.77. The van der Waals surface area contributed by atoms with Crippen molar-refractivity contribution in [2.24, 2.45) is 0 Å². The molecule has 0 radical (unpaired) electrons. The van der Waals surface area contributed by atoms with Crippen LogP contribution in [0.15, 0.2) is 109 Å². The van der Waals surface area contributed by atoms with Crippen molar-refractivity contribution in [1.29, 1.82) is 0 Å². The van der Waals surface area contributed by atoms with E-state index in [4.69, 9.17) is 0 Å². The first-order chi connectivity index (χ1) is 23.8.